The average molecular weight is 412 g/mol. The van der Waals surface area contributed by atoms with Crippen LogP contribution in [0.25, 0.3) is 0 Å². The second-order valence-electron chi connectivity index (χ2n) is 7.82. The molecule has 2 N–H and O–H groups in total. The number of anilines is 2. The number of rotatable bonds is 9. The number of unbranched alkanes of at least 4 members (excludes halogenated alkanes) is 1. The second-order valence-corrected chi connectivity index (χ2v) is 7.82. The van der Waals surface area contributed by atoms with E-state index >= 15 is 0 Å². The van der Waals surface area contributed by atoms with E-state index in [1.54, 1.807) is 19.2 Å². The van der Waals surface area contributed by atoms with Crippen LogP contribution >= 0.6 is 0 Å². The highest BCUT2D eigenvalue weighted by molar-refractivity contribution is 5.90. The topological polar surface area (TPSA) is 65.0 Å². The minimum Gasteiger partial charge on any atom is -0.495 e. The number of aliphatic hydroxyl groups is 1. The summed E-state index contributed by atoms with van der Waals surface area (Å²) in [5.74, 6) is 0.433. The maximum atomic E-state index is 11.4. The molecule has 1 heterocycles. The molecule has 2 aromatic rings. The Morgan fingerprint density at radius 1 is 1.10 bits per heavy atom. The summed E-state index contributed by atoms with van der Waals surface area (Å²) in [6.07, 6.45) is 2.19. The van der Waals surface area contributed by atoms with Crippen molar-refractivity contribution < 1.29 is 14.6 Å². The van der Waals surface area contributed by atoms with Gasteiger partial charge in [-0.3, -0.25) is 9.69 Å². The predicted molar refractivity (Wildman–Crippen MR) is 121 cm³/mol. The molecule has 0 spiro atoms. The SMILES string of the molecule is COc1ccc(C(O)CCCCN2CCN(c3ccccc3)CC2)cc1NC(C)=O. The zero-order valence-electron chi connectivity index (χ0n) is 18.0. The lowest BCUT2D eigenvalue weighted by Gasteiger charge is -2.36. The van der Waals surface area contributed by atoms with Crippen molar-refractivity contribution in [1.29, 1.82) is 0 Å². The molecule has 3 rings (SSSR count). The van der Waals surface area contributed by atoms with Crippen LogP contribution in [0.5, 0.6) is 5.75 Å². The molecule has 6 nitrogen and oxygen atoms in total. The number of methoxy groups -OCH3 is 1. The molecule has 0 aliphatic carbocycles. The number of benzene rings is 2. The minimum atomic E-state index is -0.543. The van der Waals surface area contributed by atoms with Gasteiger partial charge in [-0.25, -0.2) is 0 Å². The fourth-order valence-electron chi connectivity index (χ4n) is 3.93. The zero-order chi connectivity index (χ0) is 21.3. The molecule has 1 aliphatic rings. The van der Waals surface area contributed by atoms with Crippen molar-refractivity contribution in [3.8, 4) is 5.75 Å². The van der Waals surface area contributed by atoms with Gasteiger partial charge in [0, 0.05) is 38.8 Å². The van der Waals surface area contributed by atoms with Crippen molar-refractivity contribution in [2.75, 3.05) is 50.1 Å². The van der Waals surface area contributed by atoms with Crippen LogP contribution in [0.15, 0.2) is 48.5 Å². The third-order valence-corrected chi connectivity index (χ3v) is 5.61. The van der Waals surface area contributed by atoms with Gasteiger partial charge in [0.05, 0.1) is 18.9 Å². The van der Waals surface area contributed by atoms with Gasteiger partial charge in [-0.05, 0) is 55.6 Å². The summed E-state index contributed by atoms with van der Waals surface area (Å²) < 4.78 is 5.28. The molecule has 0 bridgehead atoms. The number of ether oxygens (including phenoxy) is 1. The Balaban J connectivity index is 1.40. The van der Waals surface area contributed by atoms with Crippen molar-refractivity contribution in [1.82, 2.24) is 4.90 Å². The number of hydrogen-bond acceptors (Lipinski definition) is 5. The number of nitrogens with one attached hydrogen (secondary N) is 1. The lowest BCUT2D eigenvalue weighted by molar-refractivity contribution is -0.114. The molecule has 6 heteroatoms. The smallest absolute Gasteiger partial charge is 0.221 e. The first-order chi connectivity index (χ1) is 14.6. The number of amides is 1. The van der Waals surface area contributed by atoms with E-state index in [9.17, 15) is 9.90 Å². The highest BCUT2D eigenvalue weighted by Crippen LogP contribution is 2.30. The number of carbonyl (C=O) groups is 1. The molecule has 1 saturated heterocycles. The fraction of sp³-hybridized carbons (Fsp3) is 0.458. The molecule has 0 saturated carbocycles. The number of carbonyl (C=O) groups excluding carboxylic acids is 1. The van der Waals surface area contributed by atoms with E-state index in [1.165, 1.54) is 12.6 Å². The quantitative estimate of drug-likeness (QED) is 0.616. The molecule has 0 aromatic heterocycles. The van der Waals surface area contributed by atoms with E-state index in [-0.39, 0.29) is 5.91 Å². The molecule has 1 atom stereocenters. The molecule has 1 amide bonds. The van der Waals surface area contributed by atoms with Crippen molar-refractivity contribution in [2.24, 2.45) is 0 Å². The maximum Gasteiger partial charge on any atom is 0.221 e. The van der Waals surface area contributed by atoms with Crippen LogP contribution in [0.1, 0.15) is 37.9 Å². The van der Waals surface area contributed by atoms with Gasteiger partial charge in [0.25, 0.3) is 0 Å². The number of hydrogen-bond donors (Lipinski definition) is 2. The van der Waals surface area contributed by atoms with E-state index in [2.05, 4.69) is 45.4 Å². The first kappa shape index (κ1) is 22.1. The number of para-hydroxylation sites is 1. The standard InChI is InChI=1S/C24H33N3O3/c1-19(28)25-22-18-20(11-12-24(22)30-2)23(29)10-6-7-13-26-14-16-27(17-15-26)21-8-4-3-5-9-21/h3-5,8-9,11-12,18,23,29H,6-7,10,13-17H2,1-2H3,(H,25,28). The monoisotopic (exact) mass is 411 g/mol. The summed E-state index contributed by atoms with van der Waals surface area (Å²) in [6.45, 7) is 6.80. The molecular formula is C24H33N3O3. The molecular weight excluding hydrogens is 378 g/mol. The van der Waals surface area contributed by atoms with Gasteiger partial charge in [0.2, 0.25) is 5.91 Å². The van der Waals surface area contributed by atoms with Crippen LogP contribution in [0.3, 0.4) is 0 Å². The lowest BCUT2D eigenvalue weighted by atomic mass is 10.0. The Morgan fingerprint density at radius 3 is 2.50 bits per heavy atom. The fourth-order valence-corrected chi connectivity index (χ4v) is 3.93. The van der Waals surface area contributed by atoms with E-state index in [0.717, 1.165) is 51.1 Å². The van der Waals surface area contributed by atoms with E-state index in [4.69, 9.17) is 4.74 Å². The molecule has 1 unspecified atom stereocenters. The van der Waals surface area contributed by atoms with Crippen molar-refractivity contribution in [2.45, 2.75) is 32.3 Å². The van der Waals surface area contributed by atoms with Crippen LogP contribution < -0.4 is 15.0 Å². The normalized spacial score (nSPS) is 15.6. The van der Waals surface area contributed by atoms with Crippen LogP contribution in [0.4, 0.5) is 11.4 Å². The summed E-state index contributed by atoms with van der Waals surface area (Å²) in [7, 11) is 1.57. The van der Waals surface area contributed by atoms with Gasteiger partial charge in [-0.15, -0.1) is 0 Å². The number of aliphatic hydroxyl groups excluding tert-OH is 1. The lowest BCUT2D eigenvalue weighted by Crippen LogP contribution is -2.46. The average Bonchev–Trinajstić information content (AvgIpc) is 2.77. The molecule has 2 aromatic carbocycles. The first-order valence-corrected chi connectivity index (χ1v) is 10.7. The molecule has 0 radical (unpaired) electrons. The third kappa shape index (κ3) is 6.21. The highest BCUT2D eigenvalue weighted by Gasteiger charge is 2.17. The van der Waals surface area contributed by atoms with Crippen LogP contribution in [-0.2, 0) is 4.79 Å². The van der Waals surface area contributed by atoms with Crippen molar-refractivity contribution >= 4 is 17.3 Å². The summed E-state index contributed by atoms with van der Waals surface area (Å²) in [5.41, 5.74) is 2.70. The Labute approximate surface area is 179 Å². The number of nitrogens with zero attached hydrogens (tertiary/aromatic N) is 2. The van der Waals surface area contributed by atoms with Gasteiger partial charge in [0.15, 0.2) is 0 Å². The molecule has 30 heavy (non-hydrogen) atoms. The highest BCUT2D eigenvalue weighted by atomic mass is 16.5. The third-order valence-electron chi connectivity index (χ3n) is 5.61. The van der Waals surface area contributed by atoms with Crippen molar-refractivity contribution in [3.63, 3.8) is 0 Å². The second kappa shape index (κ2) is 11.0. The van der Waals surface area contributed by atoms with Crippen LogP contribution in [0, 0.1) is 0 Å². The summed E-state index contributed by atoms with van der Waals surface area (Å²) in [5, 5.41) is 13.3. The van der Waals surface area contributed by atoms with E-state index < -0.39 is 6.10 Å². The van der Waals surface area contributed by atoms with Gasteiger partial charge < -0.3 is 20.1 Å². The maximum absolute atomic E-state index is 11.4. The molecule has 162 valence electrons. The van der Waals surface area contributed by atoms with Gasteiger partial charge in [0.1, 0.15) is 5.75 Å². The minimum absolute atomic E-state index is 0.160. The Kier molecular flexibility index (Phi) is 8.11. The Morgan fingerprint density at radius 2 is 1.83 bits per heavy atom. The van der Waals surface area contributed by atoms with Crippen LogP contribution in [0.2, 0.25) is 0 Å². The van der Waals surface area contributed by atoms with Gasteiger partial charge in [-0.2, -0.15) is 0 Å². The summed E-state index contributed by atoms with van der Waals surface area (Å²) in [4.78, 5) is 16.3. The predicted octanol–water partition coefficient (Wildman–Crippen LogP) is 3.68. The summed E-state index contributed by atoms with van der Waals surface area (Å²) in [6, 6.07) is 16.0. The Hall–Kier alpha value is -2.57. The largest absolute Gasteiger partial charge is 0.495 e. The molecule has 1 fully saturated rings. The first-order valence-electron chi connectivity index (χ1n) is 10.7. The van der Waals surface area contributed by atoms with Crippen molar-refractivity contribution in [3.05, 3.63) is 54.1 Å². The summed E-state index contributed by atoms with van der Waals surface area (Å²) >= 11 is 0. The van der Waals surface area contributed by atoms with Gasteiger partial charge >= 0.3 is 0 Å². The Bertz CT molecular complexity index is 805. The molecule has 1 aliphatic heterocycles. The van der Waals surface area contributed by atoms with Gasteiger partial charge in [-0.1, -0.05) is 24.3 Å². The number of piperazine rings is 1. The van der Waals surface area contributed by atoms with E-state index in [1.807, 2.05) is 6.07 Å². The zero-order valence-corrected chi connectivity index (χ0v) is 18.0. The van der Waals surface area contributed by atoms with Crippen LogP contribution in [-0.4, -0.2) is 55.7 Å². The van der Waals surface area contributed by atoms with E-state index in [0.29, 0.717) is 17.9 Å².